The van der Waals surface area contributed by atoms with Crippen LogP contribution in [0.5, 0.6) is 0 Å². The lowest BCUT2D eigenvalue weighted by molar-refractivity contribution is 0.0265. The van der Waals surface area contributed by atoms with Crippen molar-refractivity contribution >= 4 is 10.9 Å². The summed E-state index contributed by atoms with van der Waals surface area (Å²) in [5, 5.41) is 9.74. The second-order valence-corrected chi connectivity index (χ2v) is 5.33. The van der Waals surface area contributed by atoms with Gasteiger partial charge in [-0.05, 0) is 25.0 Å². The van der Waals surface area contributed by atoms with Gasteiger partial charge in [-0.3, -0.25) is 9.36 Å². The van der Waals surface area contributed by atoms with E-state index in [0.717, 1.165) is 19.3 Å². The van der Waals surface area contributed by atoms with Gasteiger partial charge in [-0.15, -0.1) is 0 Å². The number of aromatic nitrogens is 2. The van der Waals surface area contributed by atoms with Gasteiger partial charge < -0.3 is 5.11 Å². The second kappa shape index (κ2) is 4.42. The zero-order chi connectivity index (χ0) is 13.5. The highest BCUT2D eigenvalue weighted by Gasteiger charge is 2.37. The van der Waals surface area contributed by atoms with E-state index in [-0.39, 0.29) is 28.5 Å². The maximum Gasteiger partial charge on any atom is 0.261 e. The fraction of sp³-hybridized carbons (Fsp3) is 0.429. The van der Waals surface area contributed by atoms with Gasteiger partial charge in [-0.2, -0.15) is 0 Å². The third kappa shape index (κ3) is 1.94. The number of hydrogen-bond acceptors (Lipinski definition) is 3. The molecule has 0 atom stereocenters. The predicted molar refractivity (Wildman–Crippen MR) is 69.3 cm³/mol. The molecule has 1 aliphatic rings. The summed E-state index contributed by atoms with van der Waals surface area (Å²) in [6.07, 6.45) is 4.28. The van der Waals surface area contributed by atoms with Crippen LogP contribution in [-0.2, 0) is 6.54 Å². The molecule has 19 heavy (non-hydrogen) atoms. The van der Waals surface area contributed by atoms with Crippen molar-refractivity contribution in [2.75, 3.05) is 6.61 Å². The normalized spacial score (nSPS) is 17.4. The SMILES string of the molecule is O=c1c2cccc(F)c2ncn1CC1(CO)CCC1. The van der Waals surface area contributed by atoms with Gasteiger partial charge in [0.25, 0.3) is 5.56 Å². The lowest BCUT2D eigenvalue weighted by Gasteiger charge is -2.40. The molecule has 5 heteroatoms. The highest BCUT2D eigenvalue weighted by Crippen LogP contribution is 2.41. The molecule has 1 fully saturated rings. The van der Waals surface area contributed by atoms with Crippen molar-refractivity contribution in [1.29, 1.82) is 0 Å². The molecule has 1 aromatic heterocycles. The minimum atomic E-state index is -0.484. The summed E-state index contributed by atoms with van der Waals surface area (Å²) in [6, 6.07) is 4.38. The number of hydrogen-bond donors (Lipinski definition) is 1. The molecular weight excluding hydrogens is 247 g/mol. The second-order valence-electron chi connectivity index (χ2n) is 5.33. The van der Waals surface area contributed by atoms with Crippen LogP contribution in [0.25, 0.3) is 10.9 Å². The summed E-state index contributed by atoms with van der Waals surface area (Å²) in [5.41, 5.74) is -0.341. The first-order chi connectivity index (χ1) is 9.15. The molecule has 1 N–H and O–H groups in total. The average Bonchev–Trinajstić information content (AvgIpc) is 2.37. The number of fused-ring (bicyclic) bond motifs is 1. The van der Waals surface area contributed by atoms with Gasteiger partial charge in [-0.1, -0.05) is 12.5 Å². The number of halogens is 1. The molecule has 1 aromatic carbocycles. The standard InChI is InChI=1S/C14H15FN2O2/c15-11-4-1-3-10-12(11)16-9-17(13(10)19)7-14(8-18)5-2-6-14/h1,3-4,9,18H,2,5-8H2. The monoisotopic (exact) mass is 262 g/mol. The van der Waals surface area contributed by atoms with Crippen molar-refractivity contribution in [3.05, 3.63) is 40.7 Å². The van der Waals surface area contributed by atoms with E-state index in [1.165, 1.54) is 23.0 Å². The van der Waals surface area contributed by atoms with Crippen LogP contribution in [-0.4, -0.2) is 21.3 Å². The Morgan fingerprint density at radius 1 is 1.42 bits per heavy atom. The van der Waals surface area contributed by atoms with Crippen molar-refractivity contribution in [2.24, 2.45) is 5.41 Å². The number of nitrogens with zero attached hydrogens (tertiary/aromatic N) is 2. The van der Waals surface area contributed by atoms with Crippen LogP contribution in [0.4, 0.5) is 4.39 Å². The Bertz CT molecular complexity index is 671. The first kappa shape index (κ1) is 12.3. The van der Waals surface area contributed by atoms with E-state index >= 15 is 0 Å². The molecule has 0 saturated heterocycles. The zero-order valence-corrected chi connectivity index (χ0v) is 10.5. The van der Waals surface area contributed by atoms with Crippen molar-refractivity contribution in [2.45, 2.75) is 25.8 Å². The molecule has 1 saturated carbocycles. The number of aliphatic hydroxyl groups excluding tert-OH is 1. The molecule has 0 radical (unpaired) electrons. The minimum absolute atomic E-state index is 0.0701. The quantitative estimate of drug-likeness (QED) is 0.916. The molecule has 0 unspecified atom stereocenters. The van der Waals surface area contributed by atoms with Crippen LogP contribution < -0.4 is 5.56 Å². The topological polar surface area (TPSA) is 55.1 Å². The molecular formula is C14H15FN2O2. The minimum Gasteiger partial charge on any atom is -0.396 e. The average molecular weight is 262 g/mol. The summed E-state index contributed by atoms with van der Waals surface area (Å²) in [6.45, 7) is 0.516. The molecule has 0 spiro atoms. The van der Waals surface area contributed by atoms with Gasteiger partial charge in [0.1, 0.15) is 11.3 Å². The lowest BCUT2D eigenvalue weighted by atomic mass is 9.69. The Kier molecular flexibility index (Phi) is 2.86. The zero-order valence-electron chi connectivity index (χ0n) is 10.5. The Hall–Kier alpha value is -1.75. The largest absolute Gasteiger partial charge is 0.396 e. The molecule has 2 aromatic rings. The molecule has 0 aliphatic heterocycles. The first-order valence-corrected chi connectivity index (χ1v) is 6.40. The molecule has 3 rings (SSSR count). The molecule has 1 heterocycles. The fourth-order valence-corrected chi connectivity index (χ4v) is 2.67. The summed E-state index contributed by atoms with van der Waals surface area (Å²) in [5.74, 6) is -0.484. The van der Waals surface area contributed by atoms with Gasteiger partial charge in [0.2, 0.25) is 0 Å². The van der Waals surface area contributed by atoms with E-state index in [0.29, 0.717) is 6.54 Å². The van der Waals surface area contributed by atoms with E-state index in [2.05, 4.69) is 4.98 Å². The van der Waals surface area contributed by atoms with Crippen molar-refractivity contribution in [3.8, 4) is 0 Å². The number of aliphatic hydroxyl groups is 1. The smallest absolute Gasteiger partial charge is 0.261 e. The van der Waals surface area contributed by atoms with E-state index in [4.69, 9.17) is 0 Å². The Labute approximate surface area is 109 Å². The molecule has 0 bridgehead atoms. The maximum atomic E-state index is 13.5. The van der Waals surface area contributed by atoms with E-state index in [1.54, 1.807) is 6.07 Å². The van der Waals surface area contributed by atoms with Gasteiger partial charge in [0.05, 0.1) is 18.3 Å². The van der Waals surface area contributed by atoms with Crippen LogP contribution in [0.15, 0.2) is 29.3 Å². The summed E-state index contributed by atoms with van der Waals surface area (Å²) >= 11 is 0. The third-order valence-electron chi connectivity index (χ3n) is 4.06. The van der Waals surface area contributed by atoms with Crippen LogP contribution in [0, 0.1) is 11.2 Å². The van der Waals surface area contributed by atoms with Crippen LogP contribution in [0.3, 0.4) is 0 Å². The Balaban J connectivity index is 2.06. The molecule has 1 aliphatic carbocycles. The molecule has 4 nitrogen and oxygen atoms in total. The number of benzene rings is 1. The van der Waals surface area contributed by atoms with Crippen molar-refractivity contribution in [1.82, 2.24) is 9.55 Å². The summed E-state index contributed by atoms with van der Waals surface area (Å²) in [4.78, 5) is 16.3. The first-order valence-electron chi connectivity index (χ1n) is 6.40. The summed E-state index contributed by atoms with van der Waals surface area (Å²) < 4.78 is 15.0. The van der Waals surface area contributed by atoms with E-state index in [9.17, 15) is 14.3 Å². The summed E-state index contributed by atoms with van der Waals surface area (Å²) in [7, 11) is 0. The molecule has 100 valence electrons. The lowest BCUT2D eigenvalue weighted by Crippen LogP contribution is -2.40. The Morgan fingerprint density at radius 3 is 2.84 bits per heavy atom. The van der Waals surface area contributed by atoms with E-state index in [1.807, 2.05) is 0 Å². The van der Waals surface area contributed by atoms with Crippen molar-refractivity contribution < 1.29 is 9.50 Å². The van der Waals surface area contributed by atoms with Crippen LogP contribution >= 0.6 is 0 Å². The van der Waals surface area contributed by atoms with Crippen LogP contribution in [0.1, 0.15) is 19.3 Å². The maximum absolute atomic E-state index is 13.5. The van der Waals surface area contributed by atoms with Crippen LogP contribution in [0.2, 0.25) is 0 Å². The third-order valence-corrected chi connectivity index (χ3v) is 4.06. The van der Waals surface area contributed by atoms with Crippen molar-refractivity contribution in [3.63, 3.8) is 0 Å². The highest BCUT2D eigenvalue weighted by atomic mass is 19.1. The fourth-order valence-electron chi connectivity index (χ4n) is 2.67. The van der Waals surface area contributed by atoms with Gasteiger partial charge in [0.15, 0.2) is 0 Å². The highest BCUT2D eigenvalue weighted by molar-refractivity contribution is 5.77. The number of para-hydroxylation sites is 1. The predicted octanol–water partition coefficient (Wildman–Crippen LogP) is 1.70. The van der Waals surface area contributed by atoms with Gasteiger partial charge >= 0.3 is 0 Å². The van der Waals surface area contributed by atoms with E-state index < -0.39 is 5.82 Å². The van der Waals surface area contributed by atoms with Gasteiger partial charge in [0, 0.05) is 12.0 Å². The molecule has 0 amide bonds. The van der Waals surface area contributed by atoms with Gasteiger partial charge in [-0.25, -0.2) is 9.37 Å². The number of rotatable bonds is 3. The Morgan fingerprint density at radius 2 is 2.21 bits per heavy atom.